The standard InChI is InChI=1S/C48H39N/c1-32(47(36-13-5-4-6-14-36)37-27-30-40-39-15-7-10-18-43(39)48(2,3)44(40)31-37)33-21-23-34(24-22-33)35-25-28-38(29-26-35)49-45-19-11-8-16-41(45)42-17-9-12-20-46(42)49/h4-32,47H,1-3H3/t32-,47?/m1/s1. The summed E-state index contributed by atoms with van der Waals surface area (Å²) in [5, 5.41) is 2.57. The zero-order valence-electron chi connectivity index (χ0n) is 28.3. The molecule has 0 aliphatic heterocycles. The van der Waals surface area contributed by atoms with Crippen molar-refractivity contribution in [2.45, 2.75) is 38.0 Å². The second kappa shape index (κ2) is 11.5. The van der Waals surface area contributed by atoms with Crippen molar-refractivity contribution >= 4 is 21.8 Å². The van der Waals surface area contributed by atoms with E-state index in [1.807, 2.05) is 0 Å². The van der Waals surface area contributed by atoms with E-state index < -0.39 is 0 Å². The minimum Gasteiger partial charge on any atom is -0.309 e. The molecular weight excluding hydrogens is 591 g/mol. The van der Waals surface area contributed by atoms with Crippen molar-refractivity contribution in [3.8, 4) is 27.9 Å². The number of hydrogen-bond donors (Lipinski definition) is 0. The molecule has 49 heavy (non-hydrogen) atoms. The van der Waals surface area contributed by atoms with Crippen molar-refractivity contribution in [3.63, 3.8) is 0 Å². The van der Waals surface area contributed by atoms with E-state index in [0.717, 1.165) is 0 Å². The van der Waals surface area contributed by atoms with Crippen LogP contribution in [0.5, 0.6) is 0 Å². The first kappa shape index (κ1) is 29.5. The molecule has 0 radical (unpaired) electrons. The van der Waals surface area contributed by atoms with Gasteiger partial charge in [-0.25, -0.2) is 0 Å². The molecule has 0 saturated carbocycles. The first-order valence-electron chi connectivity index (χ1n) is 17.5. The second-order valence-electron chi connectivity index (χ2n) is 14.2. The molecule has 0 saturated heterocycles. The van der Waals surface area contributed by atoms with Gasteiger partial charge in [0.05, 0.1) is 11.0 Å². The Morgan fingerprint density at radius 2 is 0.980 bits per heavy atom. The molecule has 1 heterocycles. The minimum atomic E-state index is -0.0227. The van der Waals surface area contributed by atoms with Gasteiger partial charge in [-0.05, 0) is 80.3 Å². The van der Waals surface area contributed by atoms with Gasteiger partial charge in [0.25, 0.3) is 0 Å². The fourth-order valence-corrected chi connectivity index (χ4v) is 8.52. The maximum absolute atomic E-state index is 2.50. The monoisotopic (exact) mass is 629 g/mol. The molecule has 1 unspecified atom stereocenters. The summed E-state index contributed by atoms with van der Waals surface area (Å²) in [4.78, 5) is 0. The molecule has 1 aliphatic rings. The number of para-hydroxylation sites is 2. The average molecular weight is 630 g/mol. The first-order chi connectivity index (χ1) is 24.0. The Hall–Kier alpha value is -5.66. The van der Waals surface area contributed by atoms with Crippen LogP contribution in [-0.2, 0) is 5.41 Å². The van der Waals surface area contributed by atoms with Crippen LogP contribution in [0.15, 0.2) is 170 Å². The molecule has 1 aromatic heterocycles. The number of nitrogens with zero attached hydrogens (tertiary/aromatic N) is 1. The van der Waals surface area contributed by atoms with E-state index in [9.17, 15) is 0 Å². The predicted octanol–water partition coefficient (Wildman–Crippen LogP) is 12.7. The third-order valence-electron chi connectivity index (χ3n) is 11.1. The van der Waals surface area contributed by atoms with Crippen LogP contribution in [0.3, 0.4) is 0 Å². The molecule has 0 spiro atoms. The zero-order valence-corrected chi connectivity index (χ0v) is 28.3. The van der Waals surface area contributed by atoms with Crippen molar-refractivity contribution in [3.05, 3.63) is 198 Å². The molecular formula is C48H39N. The van der Waals surface area contributed by atoms with E-state index in [2.05, 4.69) is 195 Å². The van der Waals surface area contributed by atoms with Gasteiger partial charge in [-0.1, -0.05) is 166 Å². The van der Waals surface area contributed by atoms with Gasteiger partial charge >= 0.3 is 0 Å². The highest BCUT2D eigenvalue weighted by Crippen LogP contribution is 2.50. The SMILES string of the molecule is C[C@H](c1ccc(-c2ccc(-n3c4ccccc4c4ccccc43)cc2)cc1)C(c1ccccc1)c1ccc2c(c1)C(C)(C)c1ccccc1-2. The van der Waals surface area contributed by atoms with Gasteiger partial charge in [0.1, 0.15) is 0 Å². The average Bonchev–Trinajstić information content (AvgIpc) is 3.61. The van der Waals surface area contributed by atoms with Crippen LogP contribution in [-0.4, -0.2) is 4.57 Å². The Kier molecular flexibility index (Phi) is 6.91. The lowest BCUT2D eigenvalue weighted by Gasteiger charge is -2.28. The second-order valence-corrected chi connectivity index (χ2v) is 14.2. The van der Waals surface area contributed by atoms with E-state index in [4.69, 9.17) is 0 Å². The van der Waals surface area contributed by atoms with Crippen LogP contribution in [0.1, 0.15) is 60.4 Å². The van der Waals surface area contributed by atoms with Crippen molar-refractivity contribution in [1.82, 2.24) is 4.57 Å². The molecule has 7 aromatic carbocycles. The Labute approximate surface area is 289 Å². The molecule has 1 aliphatic carbocycles. The van der Waals surface area contributed by atoms with Crippen molar-refractivity contribution in [2.24, 2.45) is 0 Å². The summed E-state index contributed by atoms with van der Waals surface area (Å²) in [5.41, 5.74) is 15.8. The third-order valence-corrected chi connectivity index (χ3v) is 11.1. The highest BCUT2D eigenvalue weighted by Gasteiger charge is 2.36. The van der Waals surface area contributed by atoms with Gasteiger partial charge in [0.2, 0.25) is 0 Å². The molecule has 1 nitrogen and oxygen atoms in total. The van der Waals surface area contributed by atoms with E-state index in [0.29, 0.717) is 5.92 Å². The number of aromatic nitrogens is 1. The predicted molar refractivity (Wildman–Crippen MR) is 207 cm³/mol. The molecule has 8 aromatic rings. The quantitative estimate of drug-likeness (QED) is 0.172. The largest absolute Gasteiger partial charge is 0.309 e. The zero-order chi connectivity index (χ0) is 33.1. The van der Waals surface area contributed by atoms with Crippen LogP contribution < -0.4 is 0 Å². The lowest BCUT2D eigenvalue weighted by Crippen LogP contribution is -2.16. The minimum absolute atomic E-state index is 0.0227. The summed E-state index contributed by atoms with van der Waals surface area (Å²) in [6.07, 6.45) is 0. The molecule has 0 bridgehead atoms. The van der Waals surface area contributed by atoms with Crippen LogP contribution >= 0.6 is 0 Å². The number of benzene rings is 7. The van der Waals surface area contributed by atoms with Gasteiger partial charge in [-0.3, -0.25) is 0 Å². The van der Waals surface area contributed by atoms with Gasteiger partial charge in [-0.15, -0.1) is 0 Å². The van der Waals surface area contributed by atoms with Crippen LogP contribution in [0.2, 0.25) is 0 Å². The summed E-state index contributed by atoms with van der Waals surface area (Å²) in [7, 11) is 0. The maximum Gasteiger partial charge on any atom is 0.0541 e. The normalized spacial score (nSPS) is 14.4. The molecule has 0 amide bonds. The van der Waals surface area contributed by atoms with Gasteiger partial charge in [0.15, 0.2) is 0 Å². The number of rotatable bonds is 6. The van der Waals surface area contributed by atoms with E-state index in [-0.39, 0.29) is 11.3 Å². The Morgan fingerprint density at radius 3 is 1.65 bits per heavy atom. The Bertz CT molecular complexity index is 2410. The van der Waals surface area contributed by atoms with Gasteiger partial charge in [-0.2, -0.15) is 0 Å². The molecule has 236 valence electrons. The Morgan fingerprint density at radius 1 is 0.449 bits per heavy atom. The highest BCUT2D eigenvalue weighted by atomic mass is 15.0. The van der Waals surface area contributed by atoms with E-state index >= 15 is 0 Å². The topological polar surface area (TPSA) is 4.93 Å². The smallest absolute Gasteiger partial charge is 0.0541 e. The third kappa shape index (κ3) is 4.76. The summed E-state index contributed by atoms with van der Waals surface area (Å²) in [6, 6.07) is 62.9. The molecule has 0 N–H and O–H groups in total. The van der Waals surface area contributed by atoms with Crippen molar-refractivity contribution < 1.29 is 0 Å². The summed E-state index contributed by atoms with van der Waals surface area (Å²) in [5.74, 6) is 0.529. The summed E-state index contributed by atoms with van der Waals surface area (Å²) in [6.45, 7) is 7.13. The molecule has 0 fully saturated rings. The van der Waals surface area contributed by atoms with E-state index in [1.165, 1.54) is 77.6 Å². The number of fused-ring (bicyclic) bond motifs is 6. The fourth-order valence-electron chi connectivity index (χ4n) is 8.52. The van der Waals surface area contributed by atoms with Gasteiger partial charge < -0.3 is 4.57 Å². The summed E-state index contributed by atoms with van der Waals surface area (Å²) >= 11 is 0. The first-order valence-corrected chi connectivity index (χ1v) is 17.5. The molecule has 2 atom stereocenters. The number of hydrogen-bond acceptors (Lipinski definition) is 0. The lowest BCUT2D eigenvalue weighted by atomic mass is 9.75. The van der Waals surface area contributed by atoms with Gasteiger partial charge in [0, 0.05) is 27.8 Å². The summed E-state index contributed by atoms with van der Waals surface area (Å²) < 4.78 is 2.38. The highest BCUT2D eigenvalue weighted by molar-refractivity contribution is 6.09. The van der Waals surface area contributed by atoms with Crippen molar-refractivity contribution in [1.29, 1.82) is 0 Å². The fraction of sp³-hybridized carbons (Fsp3) is 0.125. The van der Waals surface area contributed by atoms with E-state index in [1.54, 1.807) is 0 Å². The van der Waals surface area contributed by atoms with Crippen LogP contribution in [0.4, 0.5) is 0 Å². The van der Waals surface area contributed by atoms with Crippen LogP contribution in [0, 0.1) is 0 Å². The molecule has 1 heteroatoms. The van der Waals surface area contributed by atoms with Crippen LogP contribution in [0.25, 0.3) is 49.7 Å². The van der Waals surface area contributed by atoms with Crippen molar-refractivity contribution in [2.75, 3.05) is 0 Å². The molecule has 9 rings (SSSR count). The Balaban J connectivity index is 1.04. The lowest BCUT2D eigenvalue weighted by molar-refractivity contribution is 0.641. The maximum atomic E-state index is 2.50.